The van der Waals surface area contributed by atoms with Crippen molar-refractivity contribution in [1.82, 2.24) is 14.3 Å². The number of sulfonamides is 1. The molecule has 0 aliphatic heterocycles. The summed E-state index contributed by atoms with van der Waals surface area (Å²) in [6.45, 7) is -0.299. The lowest BCUT2D eigenvalue weighted by molar-refractivity contribution is 0.0467. The highest BCUT2D eigenvalue weighted by Gasteiger charge is 2.17. The van der Waals surface area contributed by atoms with Gasteiger partial charge in [0.2, 0.25) is 10.0 Å². The molecule has 10 heteroatoms. The summed E-state index contributed by atoms with van der Waals surface area (Å²) in [4.78, 5) is 11.9. The molecule has 0 aliphatic rings. The van der Waals surface area contributed by atoms with E-state index in [0.29, 0.717) is 10.0 Å². The van der Waals surface area contributed by atoms with Crippen LogP contribution in [-0.4, -0.2) is 30.5 Å². The van der Waals surface area contributed by atoms with E-state index in [9.17, 15) is 13.2 Å². The molecule has 2 rings (SSSR count). The fourth-order valence-corrected chi connectivity index (χ4v) is 3.09. The number of nitrogens with one attached hydrogen (secondary N) is 1. The number of nitrogens with zero attached hydrogens (tertiary/aromatic N) is 2. The number of rotatable bonds is 6. The topological polar surface area (TPSA) is 98.2 Å². The van der Waals surface area contributed by atoms with Crippen molar-refractivity contribution in [2.75, 3.05) is 6.54 Å². The van der Waals surface area contributed by atoms with Crippen molar-refractivity contribution in [1.29, 1.82) is 0 Å². The fraction of sp³-hybridized carbons (Fsp3) is 0.154. The van der Waals surface area contributed by atoms with Crippen LogP contribution in [0.15, 0.2) is 29.2 Å². The molecule has 0 atom stereocenters. The van der Waals surface area contributed by atoms with Gasteiger partial charge in [-0.1, -0.05) is 28.1 Å². The molecule has 0 fully saturated rings. The standard InChI is InChI=1S/C13H10ClN3O4S2/c1-2-6-15-23(19,20)10-5-3-4-9(7-10)13(18)21-8-11-12(14)22-17-16-11/h1,3-5,7,15H,6,8H2. The Morgan fingerprint density at radius 3 is 2.91 bits per heavy atom. The molecule has 1 aromatic carbocycles. The molecule has 0 spiro atoms. The molecule has 2 aromatic rings. The molecule has 0 aliphatic carbocycles. The van der Waals surface area contributed by atoms with Crippen LogP contribution in [0, 0.1) is 12.3 Å². The quantitative estimate of drug-likeness (QED) is 0.609. The molecule has 0 unspecified atom stereocenters. The first-order valence-electron chi connectivity index (χ1n) is 6.11. The predicted octanol–water partition coefficient (Wildman–Crippen LogP) is 1.46. The van der Waals surface area contributed by atoms with Gasteiger partial charge in [0.15, 0.2) is 0 Å². The van der Waals surface area contributed by atoms with E-state index in [2.05, 4.69) is 20.2 Å². The van der Waals surface area contributed by atoms with Crippen LogP contribution >= 0.6 is 23.1 Å². The monoisotopic (exact) mass is 371 g/mol. The maximum absolute atomic E-state index is 12.0. The Hall–Kier alpha value is -1.99. The summed E-state index contributed by atoms with van der Waals surface area (Å²) in [6.07, 6.45) is 5.02. The molecule has 0 amide bonds. The number of carbonyl (C=O) groups excluding carboxylic acids is 1. The van der Waals surface area contributed by atoms with E-state index >= 15 is 0 Å². The van der Waals surface area contributed by atoms with Crippen molar-refractivity contribution < 1.29 is 17.9 Å². The molecule has 7 nitrogen and oxygen atoms in total. The number of hydrogen-bond donors (Lipinski definition) is 1. The van der Waals surface area contributed by atoms with Crippen molar-refractivity contribution >= 4 is 39.1 Å². The van der Waals surface area contributed by atoms with Crippen LogP contribution in [0.2, 0.25) is 4.34 Å². The Labute approximate surface area is 141 Å². The third kappa shape index (κ3) is 4.49. The first-order chi connectivity index (χ1) is 10.9. The number of esters is 1. The van der Waals surface area contributed by atoms with Crippen molar-refractivity contribution in [3.8, 4) is 12.3 Å². The van der Waals surface area contributed by atoms with E-state index in [-0.39, 0.29) is 23.6 Å². The van der Waals surface area contributed by atoms with Crippen molar-refractivity contribution in [2.24, 2.45) is 0 Å². The van der Waals surface area contributed by atoms with Crippen LogP contribution in [0.1, 0.15) is 16.1 Å². The van der Waals surface area contributed by atoms with E-state index in [1.807, 2.05) is 0 Å². The lowest BCUT2D eigenvalue weighted by Crippen LogP contribution is -2.24. The van der Waals surface area contributed by atoms with Crippen LogP contribution < -0.4 is 4.72 Å². The zero-order chi connectivity index (χ0) is 16.9. The van der Waals surface area contributed by atoms with Crippen LogP contribution in [0.3, 0.4) is 0 Å². The summed E-state index contributed by atoms with van der Waals surface area (Å²) in [7, 11) is -3.79. The number of terminal acetylenes is 1. The van der Waals surface area contributed by atoms with Gasteiger partial charge in [0.1, 0.15) is 16.6 Å². The van der Waals surface area contributed by atoms with Crippen LogP contribution in [-0.2, 0) is 21.4 Å². The van der Waals surface area contributed by atoms with E-state index in [1.165, 1.54) is 24.3 Å². The second kappa shape index (κ2) is 7.52. The average Bonchev–Trinajstić information content (AvgIpc) is 2.96. The molecule has 120 valence electrons. The third-order valence-corrected chi connectivity index (χ3v) is 4.98. The zero-order valence-electron chi connectivity index (χ0n) is 11.5. The van der Waals surface area contributed by atoms with Gasteiger partial charge in [-0.3, -0.25) is 0 Å². The molecule has 1 N–H and O–H groups in total. The van der Waals surface area contributed by atoms with Gasteiger partial charge in [-0.15, -0.1) is 11.5 Å². The van der Waals surface area contributed by atoms with Gasteiger partial charge in [-0.2, -0.15) is 4.72 Å². The summed E-state index contributed by atoms with van der Waals surface area (Å²) < 4.78 is 35.1. The molecule has 0 saturated carbocycles. The molecule has 1 aromatic heterocycles. The molecule has 23 heavy (non-hydrogen) atoms. The zero-order valence-corrected chi connectivity index (χ0v) is 13.9. The predicted molar refractivity (Wildman–Crippen MR) is 84.5 cm³/mol. The Morgan fingerprint density at radius 2 is 2.26 bits per heavy atom. The summed E-state index contributed by atoms with van der Waals surface area (Å²) in [5.41, 5.74) is 0.414. The first-order valence-corrected chi connectivity index (χ1v) is 8.74. The number of aromatic nitrogens is 2. The number of carbonyl (C=O) groups is 1. The number of halogens is 1. The summed E-state index contributed by atoms with van der Waals surface area (Å²) in [5, 5.41) is 3.71. The molecular formula is C13H10ClN3O4S2. The lowest BCUT2D eigenvalue weighted by Gasteiger charge is -2.07. The van der Waals surface area contributed by atoms with Crippen LogP contribution in [0.25, 0.3) is 0 Å². The largest absolute Gasteiger partial charge is 0.455 e. The van der Waals surface area contributed by atoms with Gasteiger partial charge in [0.05, 0.1) is 17.0 Å². The minimum atomic E-state index is -3.79. The summed E-state index contributed by atoms with van der Waals surface area (Å²) in [6, 6.07) is 5.40. The molecule has 0 saturated heterocycles. The third-order valence-electron chi connectivity index (χ3n) is 2.59. The average molecular weight is 372 g/mol. The summed E-state index contributed by atoms with van der Waals surface area (Å²) >= 11 is 6.78. The van der Waals surface area contributed by atoms with E-state index in [1.54, 1.807) is 0 Å². The Kier molecular flexibility index (Phi) is 5.68. The molecule has 1 heterocycles. The highest BCUT2D eigenvalue weighted by molar-refractivity contribution is 7.89. The highest BCUT2D eigenvalue weighted by atomic mass is 35.5. The normalized spacial score (nSPS) is 11.0. The number of hydrogen-bond acceptors (Lipinski definition) is 7. The van der Waals surface area contributed by atoms with Gasteiger partial charge >= 0.3 is 5.97 Å². The van der Waals surface area contributed by atoms with Gasteiger partial charge in [-0.25, -0.2) is 13.2 Å². The Bertz CT molecular complexity index is 858. The Morgan fingerprint density at radius 1 is 1.48 bits per heavy atom. The van der Waals surface area contributed by atoms with E-state index in [0.717, 1.165) is 11.5 Å². The van der Waals surface area contributed by atoms with E-state index in [4.69, 9.17) is 22.8 Å². The molecular weight excluding hydrogens is 362 g/mol. The molecule has 0 radical (unpaired) electrons. The van der Waals surface area contributed by atoms with Crippen molar-refractivity contribution in [3.05, 3.63) is 39.9 Å². The lowest BCUT2D eigenvalue weighted by atomic mass is 10.2. The van der Waals surface area contributed by atoms with Crippen molar-refractivity contribution in [3.63, 3.8) is 0 Å². The summed E-state index contributed by atoms with van der Waals surface area (Å²) in [5.74, 6) is 1.46. The van der Waals surface area contributed by atoms with Gasteiger partial charge in [0.25, 0.3) is 0 Å². The number of ether oxygens (including phenoxy) is 1. The maximum Gasteiger partial charge on any atom is 0.338 e. The van der Waals surface area contributed by atoms with Crippen molar-refractivity contribution in [2.45, 2.75) is 11.5 Å². The first kappa shape index (κ1) is 17.4. The maximum atomic E-state index is 12.0. The molecule has 0 bridgehead atoms. The minimum Gasteiger partial charge on any atom is -0.455 e. The SMILES string of the molecule is C#CCNS(=O)(=O)c1cccc(C(=O)OCc2nnsc2Cl)c1. The van der Waals surface area contributed by atoms with Crippen LogP contribution in [0.4, 0.5) is 0 Å². The fourth-order valence-electron chi connectivity index (χ4n) is 1.51. The highest BCUT2D eigenvalue weighted by Crippen LogP contribution is 2.19. The Balaban J connectivity index is 2.11. The van der Waals surface area contributed by atoms with Gasteiger partial charge in [-0.05, 0) is 18.2 Å². The second-order valence-corrected chi connectivity index (χ2v) is 7.25. The minimum absolute atomic E-state index is 0.0768. The van der Waals surface area contributed by atoms with Gasteiger partial charge in [0, 0.05) is 11.5 Å². The second-order valence-electron chi connectivity index (χ2n) is 4.13. The van der Waals surface area contributed by atoms with Crippen LogP contribution in [0.5, 0.6) is 0 Å². The van der Waals surface area contributed by atoms with Gasteiger partial charge < -0.3 is 4.74 Å². The number of benzene rings is 1. The smallest absolute Gasteiger partial charge is 0.338 e. The van der Waals surface area contributed by atoms with E-state index < -0.39 is 16.0 Å².